The number of aromatic nitrogens is 2. The lowest BCUT2D eigenvalue weighted by Gasteiger charge is -2.16. The maximum atomic E-state index is 12.6. The number of benzene rings is 2. The van der Waals surface area contributed by atoms with Crippen LogP contribution in [0.25, 0.3) is 21.8 Å². The number of aryl methyl sites for hydroxylation is 1. The maximum absolute atomic E-state index is 12.6. The van der Waals surface area contributed by atoms with Gasteiger partial charge in [-0.1, -0.05) is 36.4 Å². The van der Waals surface area contributed by atoms with E-state index in [0.717, 1.165) is 32.9 Å². The highest BCUT2D eigenvalue weighted by molar-refractivity contribution is 5.88. The third kappa shape index (κ3) is 4.01. The van der Waals surface area contributed by atoms with Crippen LogP contribution in [0, 0.1) is 0 Å². The summed E-state index contributed by atoms with van der Waals surface area (Å²) in [5.41, 5.74) is 4.10. The van der Waals surface area contributed by atoms with Crippen LogP contribution in [0.1, 0.15) is 17.5 Å². The van der Waals surface area contributed by atoms with Crippen molar-refractivity contribution in [3.63, 3.8) is 0 Å². The molecule has 2 aromatic carbocycles. The van der Waals surface area contributed by atoms with Gasteiger partial charge in [-0.25, -0.2) is 4.79 Å². The third-order valence-corrected chi connectivity index (χ3v) is 5.22. The minimum Gasteiger partial charge on any atom is -0.467 e. The highest BCUT2D eigenvalue weighted by atomic mass is 16.5. The van der Waals surface area contributed by atoms with E-state index in [9.17, 15) is 9.59 Å². The number of rotatable bonds is 7. The number of methoxy groups -OCH3 is 1. The summed E-state index contributed by atoms with van der Waals surface area (Å²) in [7, 11) is 1.34. The summed E-state index contributed by atoms with van der Waals surface area (Å²) in [5, 5.41) is 4.99. The number of fused-ring (bicyclic) bond motifs is 2. The first kappa shape index (κ1) is 18.8. The Hall–Kier alpha value is -3.54. The molecule has 6 heteroatoms. The first-order valence-corrected chi connectivity index (χ1v) is 9.63. The van der Waals surface area contributed by atoms with E-state index in [2.05, 4.69) is 15.3 Å². The molecule has 0 radical (unpaired) electrons. The van der Waals surface area contributed by atoms with Crippen LogP contribution in [0.2, 0.25) is 0 Å². The second kappa shape index (κ2) is 8.22. The number of nitrogens with one attached hydrogen (secondary N) is 3. The number of amides is 1. The number of hydrogen-bond donors (Lipinski definition) is 3. The van der Waals surface area contributed by atoms with Crippen LogP contribution < -0.4 is 5.32 Å². The largest absolute Gasteiger partial charge is 0.467 e. The van der Waals surface area contributed by atoms with Crippen molar-refractivity contribution in [1.82, 2.24) is 15.3 Å². The summed E-state index contributed by atoms with van der Waals surface area (Å²) >= 11 is 0. The molecule has 0 bridgehead atoms. The van der Waals surface area contributed by atoms with Crippen molar-refractivity contribution in [2.75, 3.05) is 7.11 Å². The molecular formula is C23H23N3O3. The highest BCUT2D eigenvalue weighted by Crippen LogP contribution is 2.20. The van der Waals surface area contributed by atoms with E-state index in [1.807, 2.05) is 60.9 Å². The Morgan fingerprint density at radius 3 is 2.17 bits per heavy atom. The molecule has 3 N–H and O–H groups in total. The molecule has 2 heterocycles. The van der Waals surface area contributed by atoms with Crippen LogP contribution in [0.3, 0.4) is 0 Å². The number of carbonyl (C=O) groups is 2. The summed E-state index contributed by atoms with van der Waals surface area (Å²) in [5.74, 6) is -0.624. The van der Waals surface area contributed by atoms with Crippen molar-refractivity contribution < 1.29 is 14.3 Å². The maximum Gasteiger partial charge on any atom is 0.328 e. The van der Waals surface area contributed by atoms with E-state index >= 15 is 0 Å². The molecule has 2 aromatic heterocycles. The predicted octanol–water partition coefficient (Wildman–Crippen LogP) is 3.48. The van der Waals surface area contributed by atoms with E-state index in [4.69, 9.17) is 4.74 Å². The van der Waals surface area contributed by atoms with Crippen LogP contribution in [-0.4, -0.2) is 35.0 Å². The molecule has 0 saturated heterocycles. The van der Waals surface area contributed by atoms with E-state index in [0.29, 0.717) is 19.3 Å². The van der Waals surface area contributed by atoms with Gasteiger partial charge in [-0.15, -0.1) is 0 Å². The summed E-state index contributed by atoms with van der Waals surface area (Å²) in [6.07, 6.45) is 5.07. The van der Waals surface area contributed by atoms with Crippen LogP contribution in [0.15, 0.2) is 60.9 Å². The SMILES string of the molecule is COC(=O)C(Cc1c[nH]c2ccccc12)NC(=O)CCc1c[nH]c2ccccc12. The number of para-hydroxylation sites is 2. The zero-order valence-corrected chi connectivity index (χ0v) is 16.2. The smallest absolute Gasteiger partial charge is 0.328 e. The summed E-state index contributed by atoms with van der Waals surface area (Å²) in [4.78, 5) is 31.2. The Balaban J connectivity index is 1.43. The van der Waals surface area contributed by atoms with Crippen molar-refractivity contribution >= 4 is 33.7 Å². The lowest BCUT2D eigenvalue weighted by Crippen LogP contribution is -2.43. The Morgan fingerprint density at radius 2 is 1.52 bits per heavy atom. The van der Waals surface area contributed by atoms with Gasteiger partial charge in [-0.3, -0.25) is 4.79 Å². The Morgan fingerprint density at radius 1 is 0.931 bits per heavy atom. The molecule has 1 amide bonds. The molecule has 29 heavy (non-hydrogen) atoms. The van der Waals surface area contributed by atoms with E-state index in [-0.39, 0.29) is 5.91 Å². The molecule has 6 nitrogen and oxygen atoms in total. The fraction of sp³-hybridized carbons (Fsp3) is 0.217. The molecule has 0 spiro atoms. The summed E-state index contributed by atoms with van der Waals surface area (Å²) in [6, 6.07) is 15.1. The van der Waals surface area contributed by atoms with Crippen molar-refractivity contribution in [2.24, 2.45) is 0 Å². The van der Waals surface area contributed by atoms with Crippen LogP contribution in [-0.2, 0) is 27.2 Å². The van der Waals surface area contributed by atoms with Gasteiger partial charge in [0.25, 0.3) is 0 Å². The van der Waals surface area contributed by atoms with Gasteiger partial charge in [0, 0.05) is 47.0 Å². The van der Waals surface area contributed by atoms with Crippen LogP contribution in [0.5, 0.6) is 0 Å². The number of H-pyrrole nitrogens is 2. The second-order valence-electron chi connectivity index (χ2n) is 7.07. The van der Waals surface area contributed by atoms with Gasteiger partial charge < -0.3 is 20.0 Å². The van der Waals surface area contributed by atoms with E-state index < -0.39 is 12.0 Å². The molecule has 148 valence electrons. The van der Waals surface area contributed by atoms with Gasteiger partial charge >= 0.3 is 5.97 Å². The van der Waals surface area contributed by atoms with Crippen molar-refractivity contribution in [1.29, 1.82) is 0 Å². The van der Waals surface area contributed by atoms with Gasteiger partial charge in [0.2, 0.25) is 5.91 Å². The molecule has 4 aromatic rings. The van der Waals surface area contributed by atoms with Gasteiger partial charge in [0.1, 0.15) is 6.04 Å². The Labute approximate surface area is 168 Å². The number of carbonyl (C=O) groups excluding carboxylic acids is 2. The molecular weight excluding hydrogens is 366 g/mol. The minimum atomic E-state index is -0.727. The topological polar surface area (TPSA) is 87.0 Å². The van der Waals surface area contributed by atoms with Crippen molar-refractivity contribution in [3.05, 3.63) is 72.1 Å². The van der Waals surface area contributed by atoms with Gasteiger partial charge in [-0.2, -0.15) is 0 Å². The quantitative estimate of drug-likeness (QED) is 0.423. The summed E-state index contributed by atoms with van der Waals surface area (Å²) in [6.45, 7) is 0. The minimum absolute atomic E-state index is 0.175. The van der Waals surface area contributed by atoms with Crippen LogP contribution in [0.4, 0.5) is 0 Å². The zero-order valence-electron chi connectivity index (χ0n) is 16.2. The van der Waals surface area contributed by atoms with Gasteiger partial charge in [0.05, 0.1) is 7.11 Å². The predicted molar refractivity (Wildman–Crippen MR) is 113 cm³/mol. The highest BCUT2D eigenvalue weighted by Gasteiger charge is 2.23. The molecule has 1 unspecified atom stereocenters. The molecule has 0 fully saturated rings. The van der Waals surface area contributed by atoms with Crippen molar-refractivity contribution in [2.45, 2.75) is 25.3 Å². The molecule has 0 aliphatic heterocycles. The number of hydrogen-bond acceptors (Lipinski definition) is 3. The first-order valence-electron chi connectivity index (χ1n) is 9.63. The summed E-state index contributed by atoms with van der Waals surface area (Å²) < 4.78 is 4.91. The number of ether oxygens (including phenoxy) is 1. The molecule has 4 rings (SSSR count). The fourth-order valence-corrected chi connectivity index (χ4v) is 3.71. The number of esters is 1. The lowest BCUT2D eigenvalue weighted by molar-refractivity contribution is -0.145. The second-order valence-corrected chi connectivity index (χ2v) is 7.07. The average molecular weight is 389 g/mol. The molecule has 1 atom stereocenters. The Bertz CT molecular complexity index is 1160. The first-order chi connectivity index (χ1) is 14.2. The third-order valence-electron chi connectivity index (χ3n) is 5.22. The number of aromatic amines is 2. The average Bonchev–Trinajstić information content (AvgIpc) is 3.35. The monoisotopic (exact) mass is 389 g/mol. The van der Waals surface area contributed by atoms with Gasteiger partial charge in [-0.05, 0) is 29.7 Å². The van der Waals surface area contributed by atoms with E-state index in [1.54, 1.807) is 0 Å². The Kier molecular flexibility index (Phi) is 5.33. The molecule has 0 saturated carbocycles. The molecule has 0 aliphatic carbocycles. The van der Waals surface area contributed by atoms with Crippen molar-refractivity contribution in [3.8, 4) is 0 Å². The standard InChI is InChI=1S/C23H23N3O3/c1-29-23(28)21(12-16-14-25-20-9-5-3-7-18(16)20)26-22(27)11-10-15-13-24-19-8-4-2-6-17(15)19/h2-9,13-14,21,24-25H,10-12H2,1H3,(H,26,27). The zero-order chi connectivity index (χ0) is 20.2. The fourth-order valence-electron chi connectivity index (χ4n) is 3.71. The van der Waals surface area contributed by atoms with E-state index in [1.165, 1.54) is 7.11 Å². The normalized spacial score (nSPS) is 12.2. The van der Waals surface area contributed by atoms with Crippen LogP contribution >= 0.6 is 0 Å². The van der Waals surface area contributed by atoms with Gasteiger partial charge in [0.15, 0.2) is 0 Å². The lowest BCUT2D eigenvalue weighted by atomic mass is 10.0. The molecule has 0 aliphatic rings.